The summed E-state index contributed by atoms with van der Waals surface area (Å²) in [7, 11) is 3.95. The van der Waals surface area contributed by atoms with Crippen LogP contribution in [0, 0.1) is 6.92 Å². The number of rotatable bonds is 8. The molecule has 2 aromatic carbocycles. The first-order valence-electron chi connectivity index (χ1n) is 11.6. The van der Waals surface area contributed by atoms with E-state index in [2.05, 4.69) is 10.6 Å². The Labute approximate surface area is 197 Å². The highest BCUT2D eigenvalue weighted by Crippen LogP contribution is 2.26. The highest BCUT2D eigenvalue weighted by atomic mass is 16.5. The lowest BCUT2D eigenvalue weighted by Gasteiger charge is -2.28. The second-order valence-electron chi connectivity index (χ2n) is 9.18. The third kappa shape index (κ3) is 6.96. The number of carbonyl (C=O) groups excluding carboxylic acids is 2. The van der Waals surface area contributed by atoms with Gasteiger partial charge in [0.05, 0.1) is 6.10 Å². The van der Waals surface area contributed by atoms with Gasteiger partial charge in [-0.2, -0.15) is 0 Å². The number of hydrogen-bond acceptors (Lipinski definition) is 4. The van der Waals surface area contributed by atoms with Gasteiger partial charge in [-0.25, -0.2) is 4.79 Å². The molecule has 178 valence electrons. The molecule has 1 aliphatic rings. The Morgan fingerprint density at radius 1 is 1.15 bits per heavy atom. The van der Waals surface area contributed by atoms with E-state index in [4.69, 9.17) is 4.74 Å². The molecule has 3 amide bonds. The summed E-state index contributed by atoms with van der Waals surface area (Å²) in [5, 5.41) is 5.74. The quantitative estimate of drug-likeness (QED) is 0.622. The number of nitrogens with zero attached hydrogens (tertiary/aromatic N) is 2. The molecular weight excluding hydrogens is 416 g/mol. The predicted molar refractivity (Wildman–Crippen MR) is 133 cm³/mol. The molecule has 1 fully saturated rings. The molecule has 0 bridgehead atoms. The van der Waals surface area contributed by atoms with Crippen molar-refractivity contribution in [2.45, 2.75) is 52.3 Å². The highest BCUT2D eigenvalue weighted by Gasteiger charge is 2.25. The van der Waals surface area contributed by atoms with Crippen molar-refractivity contribution in [1.29, 1.82) is 0 Å². The van der Waals surface area contributed by atoms with Gasteiger partial charge in [0.25, 0.3) is 5.91 Å². The SMILES string of the molecule is Cc1cccc(C(=O)N(Cc2cc(NC(=O)NC(C)C)ccc2N(C)C)CC2CCCO2)c1. The van der Waals surface area contributed by atoms with E-state index in [0.29, 0.717) is 24.3 Å². The van der Waals surface area contributed by atoms with Crippen molar-refractivity contribution in [3.8, 4) is 0 Å². The average molecular weight is 453 g/mol. The van der Waals surface area contributed by atoms with Crippen LogP contribution in [0.2, 0.25) is 0 Å². The fourth-order valence-electron chi connectivity index (χ4n) is 4.08. The lowest BCUT2D eigenvalue weighted by atomic mass is 10.1. The van der Waals surface area contributed by atoms with Crippen LogP contribution in [0.1, 0.15) is 48.2 Å². The van der Waals surface area contributed by atoms with Gasteiger partial charge in [0.2, 0.25) is 0 Å². The van der Waals surface area contributed by atoms with Gasteiger partial charge in [-0.3, -0.25) is 4.79 Å². The maximum Gasteiger partial charge on any atom is 0.319 e. The van der Waals surface area contributed by atoms with Crippen molar-refractivity contribution in [3.05, 3.63) is 59.2 Å². The van der Waals surface area contributed by atoms with Crippen molar-refractivity contribution in [2.24, 2.45) is 0 Å². The van der Waals surface area contributed by atoms with E-state index in [9.17, 15) is 9.59 Å². The molecule has 7 nitrogen and oxygen atoms in total. The minimum atomic E-state index is -0.249. The van der Waals surface area contributed by atoms with E-state index in [1.165, 1.54) is 0 Å². The normalized spacial score (nSPS) is 15.4. The Bertz CT molecular complexity index is 968. The van der Waals surface area contributed by atoms with Crippen molar-refractivity contribution in [3.63, 3.8) is 0 Å². The van der Waals surface area contributed by atoms with E-state index in [1.54, 1.807) is 0 Å². The molecule has 2 aromatic rings. The summed E-state index contributed by atoms with van der Waals surface area (Å²) < 4.78 is 5.85. The molecule has 7 heteroatoms. The van der Waals surface area contributed by atoms with Gasteiger partial charge in [-0.15, -0.1) is 0 Å². The molecular formula is C26H36N4O3. The van der Waals surface area contributed by atoms with Crippen molar-refractivity contribution >= 4 is 23.3 Å². The lowest BCUT2D eigenvalue weighted by Crippen LogP contribution is -2.37. The van der Waals surface area contributed by atoms with Crippen LogP contribution in [0.3, 0.4) is 0 Å². The lowest BCUT2D eigenvalue weighted by molar-refractivity contribution is 0.0507. The number of hydrogen-bond donors (Lipinski definition) is 2. The number of benzene rings is 2. The fourth-order valence-corrected chi connectivity index (χ4v) is 4.08. The second-order valence-corrected chi connectivity index (χ2v) is 9.18. The molecule has 0 saturated carbocycles. The van der Waals surface area contributed by atoms with Crippen LogP contribution in [-0.2, 0) is 11.3 Å². The van der Waals surface area contributed by atoms with E-state index in [1.807, 2.05) is 87.1 Å². The van der Waals surface area contributed by atoms with Gasteiger partial charge < -0.3 is 25.2 Å². The van der Waals surface area contributed by atoms with Gasteiger partial charge in [0.1, 0.15) is 0 Å². The maximum absolute atomic E-state index is 13.5. The zero-order valence-electron chi connectivity index (χ0n) is 20.4. The minimum absolute atomic E-state index is 0.0187. The third-order valence-corrected chi connectivity index (χ3v) is 5.60. The van der Waals surface area contributed by atoms with Crippen LogP contribution >= 0.6 is 0 Å². The molecule has 3 rings (SSSR count). The number of ether oxygens (including phenoxy) is 1. The number of urea groups is 1. The van der Waals surface area contributed by atoms with E-state index >= 15 is 0 Å². The standard InChI is InChI=1S/C26H36N4O3/c1-18(2)27-26(32)28-22-11-12-24(29(4)5)21(15-22)16-30(17-23-10-7-13-33-23)25(31)20-9-6-8-19(3)14-20/h6,8-9,11-12,14-15,18,23H,7,10,13,16-17H2,1-5H3,(H2,27,28,32). The van der Waals surface area contributed by atoms with Crippen LogP contribution in [0.4, 0.5) is 16.2 Å². The van der Waals surface area contributed by atoms with Crippen molar-refractivity contribution in [2.75, 3.05) is 37.5 Å². The molecule has 0 aliphatic carbocycles. The molecule has 0 spiro atoms. The third-order valence-electron chi connectivity index (χ3n) is 5.60. The number of carbonyl (C=O) groups is 2. The smallest absolute Gasteiger partial charge is 0.319 e. The summed E-state index contributed by atoms with van der Waals surface area (Å²) in [5.41, 5.74) is 4.37. The predicted octanol–water partition coefficient (Wildman–Crippen LogP) is 4.41. The number of aryl methyl sites for hydroxylation is 1. The van der Waals surface area contributed by atoms with Gasteiger partial charge >= 0.3 is 6.03 Å². The molecule has 1 heterocycles. The fraction of sp³-hybridized carbons (Fsp3) is 0.462. The zero-order valence-corrected chi connectivity index (χ0v) is 20.4. The molecule has 0 aromatic heterocycles. The van der Waals surface area contributed by atoms with E-state index in [-0.39, 0.29) is 24.1 Å². The van der Waals surface area contributed by atoms with Crippen molar-refractivity contribution in [1.82, 2.24) is 10.2 Å². The van der Waals surface area contributed by atoms with Crippen molar-refractivity contribution < 1.29 is 14.3 Å². The first-order chi connectivity index (χ1) is 15.7. The Morgan fingerprint density at radius 2 is 1.94 bits per heavy atom. The summed E-state index contributed by atoms with van der Waals surface area (Å²) in [6.45, 7) is 7.51. The second kappa shape index (κ2) is 11.2. The molecule has 1 unspecified atom stereocenters. The molecule has 2 N–H and O–H groups in total. The Hall–Kier alpha value is -3.06. The Kier molecular flexibility index (Phi) is 8.33. The largest absolute Gasteiger partial charge is 0.377 e. The van der Waals surface area contributed by atoms with E-state index in [0.717, 1.165) is 36.3 Å². The summed E-state index contributed by atoms with van der Waals surface area (Å²) in [5.74, 6) is -0.0187. The summed E-state index contributed by atoms with van der Waals surface area (Å²) >= 11 is 0. The molecule has 1 aliphatic heterocycles. The topological polar surface area (TPSA) is 73.9 Å². The zero-order chi connectivity index (χ0) is 24.0. The maximum atomic E-state index is 13.5. The number of nitrogens with one attached hydrogen (secondary N) is 2. The number of amides is 3. The molecule has 1 atom stereocenters. The van der Waals surface area contributed by atoms with Crippen LogP contribution in [0.15, 0.2) is 42.5 Å². The summed E-state index contributed by atoms with van der Waals surface area (Å²) in [4.78, 5) is 29.6. The van der Waals surface area contributed by atoms with Crippen LogP contribution in [0.25, 0.3) is 0 Å². The Morgan fingerprint density at radius 3 is 2.58 bits per heavy atom. The van der Waals surface area contributed by atoms with Gasteiger partial charge in [0, 0.05) is 56.8 Å². The monoisotopic (exact) mass is 452 g/mol. The highest BCUT2D eigenvalue weighted by molar-refractivity contribution is 5.94. The van der Waals surface area contributed by atoms with Crippen LogP contribution in [-0.4, -0.2) is 56.2 Å². The average Bonchev–Trinajstić information content (AvgIpc) is 3.25. The first kappa shape index (κ1) is 24.6. The summed E-state index contributed by atoms with van der Waals surface area (Å²) in [6, 6.07) is 13.3. The van der Waals surface area contributed by atoms with E-state index < -0.39 is 0 Å². The Balaban J connectivity index is 1.89. The van der Waals surface area contributed by atoms with Gasteiger partial charge in [0.15, 0.2) is 0 Å². The number of anilines is 2. The van der Waals surface area contributed by atoms with Crippen LogP contribution < -0.4 is 15.5 Å². The molecule has 1 saturated heterocycles. The molecule has 33 heavy (non-hydrogen) atoms. The molecule has 0 radical (unpaired) electrons. The first-order valence-corrected chi connectivity index (χ1v) is 11.6. The van der Waals surface area contributed by atoms with Gasteiger partial charge in [-0.1, -0.05) is 17.7 Å². The van der Waals surface area contributed by atoms with Gasteiger partial charge in [-0.05, 0) is 69.5 Å². The van der Waals surface area contributed by atoms with Crippen LogP contribution in [0.5, 0.6) is 0 Å². The summed E-state index contributed by atoms with van der Waals surface area (Å²) in [6.07, 6.45) is 2.01. The minimum Gasteiger partial charge on any atom is -0.377 e.